The second-order valence-electron chi connectivity index (χ2n) is 4.81. The molecule has 0 spiro atoms. The molecule has 13 heavy (non-hydrogen) atoms. The second-order valence-corrected chi connectivity index (χ2v) is 4.81. The summed E-state index contributed by atoms with van der Waals surface area (Å²) in [5.41, 5.74) is 4.91. The average molecular weight is 185 g/mol. The summed E-state index contributed by atoms with van der Waals surface area (Å²) in [6.45, 7) is 6.88. The van der Waals surface area contributed by atoms with Gasteiger partial charge in [0.15, 0.2) is 5.78 Å². The van der Waals surface area contributed by atoms with Crippen LogP contribution >= 0.6 is 0 Å². The molecule has 1 aliphatic rings. The van der Waals surface area contributed by atoms with Crippen molar-refractivity contribution >= 4 is 5.78 Å². The third-order valence-corrected chi connectivity index (χ3v) is 2.84. The first-order valence-electron chi connectivity index (χ1n) is 4.77. The number of rotatable bonds is 2. The first-order chi connectivity index (χ1) is 5.90. The zero-order valence-corrected chi connectivity index (χ0v) is 8.72. The molecule has 0 amide bonds. The van der Waals surface area contributed by atoms with Crippen molar-refractivity contribution in [1.29, 1.82) is 0 Å². The van der Waals surface area contributed by atoms with Gasteiger partial charge < -0.3 is 10.5 Å². The molecule has 1 heterocycles. The zero-order valence-electron chi connectivity index (χ0n) is 8.72. The van der Waals surface area contributed by atoms with Gasteiger partial charge in [0.2, 0.25) is 0 Å². The number of hydrogen-bond donors (Lipinski definition) is 1. The first kappa shape index (κ1) is 10.7. The minimum Gasteiger partial charge on any atom is -0.367 e. The molecule has 1 atom stereocenters. The van der Waals surface area contributed by atoms with E-state index in [4.69, 9.17) is 10.5 Å². The van der Waals surface area contributed by atoms with Crippen LogP contribution in [-0.2, 0) is 9.53 Å². The van der Waals surface area contributed by atoms with Gasteiger partial charge in [0.05, 0.1) is 13.2 Å². The minimum absolute atomic E-state index is 0.0167. The fraction of sp³-hybridized carbons (Fsp3) is 0.900. The Kier molecular flexibility index (Phi) is 2.78. The van der Waals surface area contributed by atoms with Crippen LogP contribution in [0.1, 0.15) is 33.6 Å². The van der Waals surface area contributed by atoms with E-state index in [-0.39, 0.29) is 17.7 Å². The summed E-state index contributed by atoms with van der Waals surface area (Å²) < 4.78 is 5.60. The lowest BCUT2D eigenvalue weighted by molar-refractivity contribution is -0.156. The summed E-state index contributed by atoms with van der Waals surface area (Å²) >= 11 is 0. The maximum absolute atomic E-state index is 11.4. The summed E-state index contributed by atoms with van der Waals surface area (Å²) in [6.07, 6.45) is 1.81. The van der Waals surface area contributed by atoms with E-state index < -0.39 is 5.60 Å². The molecule has 0 saturated carbocycles. The van der Waals surface area contributed by atoms with Gasteiger partial charge in [-0.05, 0) is 25.2 Å². The Balaban J connectivity index is 2.61. The molecule has 2 N–H and O–H groups in total. The summed E-state index contributed by atoms with van der Waals surface area (Å²) in [5.74, 6) is 0.0167. The largest absolute Gasteiger partial charge is 0.367 e. The normalized spacial score (nSPS) is 32.9. The lowest BCUT2D eigenvalue weighted by Gasteiger charge is -2.40. The molecule has 0 aromatic heterocycles. The number of ketones is 1. The van der Waals surface area contributed by atoms with Crippen molar-refractivity contribution in [3.05, 3.63) is 0 Å². The Bertz CT molecular complexity index is 201. The van der Waals surface area contributed by atoms with Crippen molar-refractivity contribution < 1.29 is 9.53 Å². The van der Waals surface area contributed by atoms with E-state index in [1.807, 2.05) is 6.92 Å². The summed E-state index contributed by atoms with van der Waals surface area (Å²) in [4.78, 5) is 11.4. The van der Waals surface area contributed by atoms with Crippen LogP contribution in [0, 0.1) is 5.41 Å². The van der Waals surface area contributed by atoms with E-state index in [1.165, 1.54) is 0 Å². The van der Waals surface area contributed by atoms with Crippen molar-refractivity contribution in [2.24, 2.45) is 11.1 Å². The molecule has 0 aromatic carbocycles. The molecule has 3 heteroatoms. The Morgan fingerprint density at radius 1 is 1.38 bits per heavy atom. The Morgan fingerprint density at radius 2 is 2.00 bits per heavy atom. The number of ether oxygens (including phenoxy) is 1. The highest BCUT2D eigenvalue weighted by Gasteiger charge is 2.40. The van der Waals surface area contributed by atoms with Crippen LogP contribution < -0.4 is 5.73 Å². The molecule has 1 saturated heterocycles. The first-order valence-corrected chi connectivity index (χ1v) is 4.77. The minimum atomic E-state index is -0.621. The van der Waals surface area contributed by atoms with Crippen LogP contribution in [0.15, 0.2) is 0 Å². The van der Waals surface area contributed by atoms with Crippen LogP contribution in [0.2, 0.25) is 0 Å². The zero-order chi connectivity index (χ0) is 10.1. The van der Waals surface area contributed by atoms with Gasteiger partial charge in [-0.2, -0.15) is 0 Å². The average Bonchev–Trinajstić information content (AvgIpc) is 2.09. The predicted molar refractivity (Wildman–Crippen MR) is 51.4 cm³/mol. The summed E-state index contributed by atoms with van der Waals surface area (Å²) in [7, 11) is 0. The van der Waals surface area contributed by atoms with Gasteiger partial charge in [0.25, 0.3) is 0 Å². The monoisotopic (exact) mass is 185 g/mol. The van der Waals surface area contributed by atoms with Crippen molar-refractivity contribution in [3.63, 3.8) is 0 Å². The third-order valence-electron chi connectivity index (χ3n) is 2.84. The van der Waals surface area contributed by atoms with Crippen LogP contribution in [0.4, 0.5) is 0 Å². The predicted octanol–water partition coefficient (Wildman–Crippen LogP) is 1.11. The fourth-order valence-corrected chi connectivity index (χ4v) is 1.51. The van der Waals surface area contributed by atoms with Crippen molar-refractivity contribution in [1.82, 2.24) is 0 Å². The number of Topliss-reactive ketones (excluding diaryl/α,β-unsaturated/α-hetero) is 1. The topological polar surface area (TPSA) is 52.3 Å². The number of hydrogen-bond acceptors (Lipinski definition) is 3. The van der Waals surface area contributed by atoms with Crippen LogP contribution in [0.25, 0.3) is 0 Å². The van der Waals surface area contributed by atoms with Crippen molar-refractivity contribution in [2.45, 2.75) is 39.2 Å². The highest BCUT2D eigenvalue weighted by atomic mass is 16.5. The highest BCUT2D eigenvalue weighted by molar-refractivity contribution is 5.88. The highest BCUT2D eigenvalue weighted by Crippen LogP contribution is 2.35. The molecule has 1 rings (SSSR count). The van der Waals surface area contributed by atoms with Crippen LogP contribution in [0.5, 0.6) is 0 Å². The van der Waals surface area contributed by atoms with Gasteiger partial charge in [-0.25, -0.2) is 0 Å². The standard InChI is InChI=1S/C10H19NO2/c1-9(2)4-5-10(3,13-7-9)8(12)6-11/h4-7,11H2,1-3H3. The summed E-state index contributed by atoms with van der Waals surface area (Å²) in [6, 6.07) is 0. The second kappa shape index (κ2) is 3.39. The van der Waals surface area contributed by atoms with E-state index in [2.05, 4.69) is 13.8 Å². The van der Waals surface area contributed by atoms with Gasteiger partial charge in [0, 0.05) is 0 Å². The molecule has 0 aliphatic carbocycles. The van der Waals surface area contributed by atoms with Gasteiger partial charge >= 0.3 is 0 Å². The maximum atomic E-state index is 11.4. The lowest BCUT2D eigenvalue weighted by Crippen LogP contribution is -2.48. The molecule has 1 aliphatic heterocycles. The molecule has 76 valence electrons. The Labute approximate surface area is 79.6 Å². The van der Waals surface area contributed by atoms with E-state index in [0.717, 1.165) is 12.8 Å². The SMILES string of the molecule is CC1(C)CCC(C)(C(=O)CN)OC1. The summed E-state index contributed by atoms with van der Waals surface area (Å²) in [5, 5.41) is 0. The number of nitrogens with two attached hydrogens (primary N) is 1. The number of carbonyl (C=O) groups excluding carboxylic acids is 1. The fourth-order valence-electron chi connectivity index (χ4n) is 1.51. The van der Waals surface area contributed by atoms with Gasteiger partial charge in [-0.3, -0.25) is 4.79 Å². The molecular formula is C10H19NO2. The van der Waals surface area contributed by atoms with Crippen LogP contribution in [0.3, 0.4) is 0 Å². The van der Waals surface area contributed by atoms with Crippen LogP contribution in [-0.4, -0.2) is 24.5 Å². The molecule has 3 nitrogen and oxygen atoms in total. The Morgan fingerprint density at radius 3 is 2.38 bits per heavy atom. The molecule has 0 radical (unpaired) electrons. The van der Waals surface area contributed by atoms with Crippen molar-refractivity contribution in [2.75, 3.05) is 13.2 Å². The van der Waals surface area contributed by atoms with Crippen molar-refractivity contribution in [3.8, 4) is 0 Å². The lowest BCUT2D eigenvalue weighted by atomic mass is 9.79. The van der Waals surface area contributed by atoms with Gasteiger partial charge in [-0.15, -0.1) is 0 Å². The third kappa shape index (κ3) is 2.29. The van der Waals surface area contributed by atoms with E-state index in [1.54, 1.807) is 0 Å². The van der Waals surface area contributed by atoms with E-state index in [9.17, 15) is 4.79 Å². The molecular weight excluding hydrogens is 166 g/mol. The molecule has 1 unspecified atom stereocenters. The molecule has 0 bridgehead atoms. The molecule has 0 aromatic rings. The van der Waals surface area contributed by atoms with Gasteiger partial charge in [-0.1, -0.05) is 13.8 Å². The maximum Gasteiger partial charge on any atom is 0.177 e. The molecule has 1 fully saturated rings. The number of carbonyl (C=O) groups is 1. The van der Waals surface area contributed by atoms with Gasteiger partial charge in [0.1, 0.15) is 5.60 Å². The Hall–Kier alpha value is -0.410. The smallest absolute Gasteiger partial charge is 0.177 e. The van der Waals surface area contributed by atoms with E-state index >= 15 is 0 Å². The van der Waals surface area contributed by atoms with E-state index in [0.29, 0.717) is 6.61 Å². The quantitative estimate of drug-likeness (QED) is 0.701.